The smallest absolute Gasteiger partial charge is 0.341 e. The SMILES string of the molecule is CCOC(=O)c1cnn(C)c1CS(=O)(=O)C1CCOCC1. The maximum atomic E-state index is 12.5. The molecule has 2 rings (SSSR count). The number of ether oxygens (including phenoxy) is 2. The van der Waals surface area contributed by atoms with Crippen LogP contribution in [0.3, 0.4) is 0 Å². The average molecular weight is 316 g/mol. The summed E-state index contributed by atoms with van der Waals surface area (Å²) in [6.45, 7) is 2.85. The van der Waals surface area contributed by atoms with E-state index in [2.05, 4.69) is 5.10 Å². The number of rotatable bonds is 5. The standard InChI is InChI=1S/C13H20N2O5S/c1-3-20-13(16)11-8-14-15(2)12(11)9-21(17,18)10-4-6-19-7-5-10/h8,10H,3-7,9H2,1-2H3. The normalized spacial score (nSPS) is 16.9. The number of esters is 1. The Morgan fingerprint density at radius 2 is 2.14 bits per heavy atom. The lowest BCUT2D eigenvalue weighted by molar-refractivity contribution is 0.0525. The minimum Gasteiger partial charge on any atom is -0.462 e. The van der Waals surface area contributed by atoms with Gasteiger partial charge in [0, 0.05) is 20.3 Å². The zero-order valence-corrected chi connectivity index (χ0v) is 13.1. The molecule has 0 spiro atoms. The highest BCUT2D eigenvalue weighted by atomic mass is 32.2. The van der Waals surface area contributed by atoms with Gasteiger partial charge in [-0.2, -0.15) is 5.10 Å². The van der Waals surface area contributed by atoms with Crippen LogP contribution < -0.4 is 0 Å². The molecule has 1 fully saturated rings. The van der Waals surface area contributed by atoms with Gasteiger partial charge in [-0.25, -0.2) is 13.2 Å². The van der Waals surface area contributed by atoms with Gasteiger partial charge in [-0.15, -0.1) is 0 Å². The van der Waals surface area contributed by atoms with Crippen molar-refractivity contribution >= 4 is 15.8 Å². The van der Waals surface area contributed by atoms with Gasteiger partial charge in [0.15, 0.2) is 9.84 Å². The molecule has 0 atom stereocenters. The second-order valence-corrected chi connectivity index (χ2v) is 7.25. The number of hydrogen-bond acceptors (Lipinski definition) is 6. The third-order valence-electron chi connectivity index (χ3n) is 3.57. The summed E-state index contributed by atoms with van der Waals surface area (Å²) in [5, 5.41) is 3.56. The third kappa shape index (κ3) is 3.62. The summed E-state index contributed by atoms with van der Waals surface area (Å²) in [6, 6.07) is 0. The maximum absolute atomic E-state index is 12.5. The highest BCUT2D eigenvalue weighted by Crippen LogP contribution is 2.22. The fraction of sp³-hybridized carbons (Fsp3) is 0.692. The number of nitrogens with zero attached hydrogens (tertiary/aromatic N) is 2. The van der Waals surface area contributed by atoms with Gasteiger partial charge in [-0.3, -0.25) is 4.68 Å². The van der Waals surface area contributed by atoms with E-state index in [-0.39, 0.29) is 17.9 Å². The Hall–Kier alpha value is -1.41. The Morgan fingerprint density at radius 3 is 2.76 bits per heavy atom. The Balaban J connectivity index is 2.22. The first-order valence-corrected chi connectivity index (χ1v) is 8.64. The molecular weight excluding hydrogens is 296 g/mol. The van der Waals surface area contributed by atoms with E-state index in [4.69, 9.17) is 9.47 Å². The van der Waals surface area contributed by atoms with Crippen molar-refractivity contribution < 1.29 is 22.7 Å². The van der Waals surface area contributed by atoms with Crippen molar-refractivity contribution in [3.8, 4) is 0 Å². The third-order valence-corrected chi connectivity index (χ3v) is 5.73. The van der Waals surface area contributed by atoms with Crippen molar-refractivity contribution in [3.63, 3.8) is 0 Å². The molecule has 2 heterocycles. The van der Waals surface area contributed by atoms with Crippen LogP contribution in [0.2, 0.25) is 0 Å². The largest absolute Gasteiger partial charge is 0.462 e. The van der Waals surface area contributed by atoms with Crippen molar-refractivity contribution in [1.82, 2.24) is 9.78 Å². The molecule has 7 nitrogen and oxygen atoms in total. The molecule has 0 aliphatic carbocycles. The maximum Gasteiger partial charge on any atom is 0.341 e. The van der Waals surface area contributed by atoms with Crippen LogP contribution in [-0.4, -0.2) is 49.2 Å². The van der Waals surface area contributed by atoms with Crippen LogP contribution >= 0.6 is 0 Å². The molecule has 0 bridgehead atoms. The lowest BCUT2D eigenvalue weighted by Gasteiger charge is -2.22. The van der Waals surface area contributed by atoms with Crippen LogP contribution in [0, 0.1) is 0 Å². The van der Waals surface area contributed by atoms with Crippen molar-refractivity contribution in [2.75, 3.05) is 19.8 Å². The van der Waals surface area contributed by atoms with Gasteiger partial charge in [-0.1, -0.05) is 0 Å². The predicted octanol–water partition coefficient (Wildman–Crippen LogP) is 0.691. The molecule has 0 aromatic carbocycles. The molecule has 0 amide bonds. The number of carbonyl (C=O) groups is 1. The van der Waals surface area contributed by atoms with E-state index in [1.165, 1.54) is 10.9 Å². The topological polar surface area (TPSA) is 87.5 Å². The molecule has 1 aliphatic rings. The molecule has 0 unspecified atom stereocenters. The molecule has 1 aliphatic heterocycles. The van der Waals surface area contributed by atoms with E-state index in [1.54, 1.807) is 14.0 Å². The summed E-state index contributed by atoms with van der Waals surface area (Å²) in [5.41, 5.74) is 0.593. The monoisotopic (exact) mass is 316 g/mol. The molecule has 0 saturated carbocycles. The lowest BCUT2D eigenvalue weighted by atomic mass is 10.2. The lowest BCUT2D eigenvalue weighted by Crippen LogP contribution is -2.30. The van der Waals surface area contributed by atoms with Gasteiger partial charge < -0.3 is 9.47 Å². The van der Waals surface area contributed by atoms with Gasteiger partial charge >= 0.3 is 5.97 Å². The summed E-state index contributed by atoms with van der Waals surface area (Å²) >= 11 is 0. The van der Waals surface area contributed by atoms with Crippen molar-refractivity contribution in [3.05, 3.63) is 17.5 Å². The average Bonchev–Trinajstić information content (AvgIpc) is 2.81. The van der Waals surface area contributed by atoms with Crippen LogP contribution in [0.15, 0.2) is 6.20 Å². The first kappa shape index (κ1) is 16.0. The summed E-state index contributed by atoms with van der Waals surface area (Å²) < 4.78 is 36.5. The minimum atomic E-state index is -3.35. The summed E-state index contributed by atoms with van der Waals surface area (Å²) in [4.78, 5) is 11.9. The van der Waals surface area contributed by atoms with E-state index in [0.29, 0.717) is 31.7 Å². The molecule has 0 N–H and O–H groups in total. The molecule has 1 aromatic heterocycles. The number of sulfone groups is 1. The Bertz CT molecular complexity index is 602. The summed E-state index contributed by atoms with van der Waals surface area (Å²) in [5.74, 6) is -0.745. The Labute approximate surface area is 124 Å². The van der Waals surface area contributed by atoms with Gasteiger partial charge in [0.1, 0.15) is 5.56 Å². The quantitative estimate of drug-likeness (QED) is 0.743. The molecule has 21 heavy (non-hydrogen) atoms. The molecule has 1 aromatic rings. The number of carbonyl (C=O) groups excluding carboxylic acids is 1. The van der Waals surface area contributed by atoms with Crippen LogP contribution in [0.5, 0.6) is 0 Å². The van der Waals surface area contributed by atoms with Crippen molar-refractivity contribution in [2.45, 2.75) is 30.8 Å². The van der Waals surface area contributed by atoms with Gasteiger partial charge in [-0.05, 0) is 19.8 Å². The number of aryl methyl sites for hydroxylation is 1. The Morgan fingerprint density at radius 1 is 1.48 bits per heavy atom. The fourth-order valence-electron chi connectivity index (χ4n) is 2.36. The second-order valence-electron chi connectivity index (χ2n) is 4.97. The summed E-state index contributed by atoms with van der Waals surface area (Å²) in [6.07, 6.45) is 2.34. The van der Waals surface area contributed by atoms with E-state index >= 15 is 0 Å². The van der Waals surface area contributed by atoms with Crippen LogP contribution in [0.25, 0.3) is 0 Å². The van der Waals surface area contributed by atoms with Crippen LogP contribution in [-0.2, 0) is 32.1 Å². The van der Waals surface area contributed by atoms with Crippen LogP contribution in [0.4, 0.5) is 0 Å². The van der Waals surface area contributed by atoms with Crippen LogP contribution in [0.1, 0.15) is 35.8 Å². The van der Waals surface area contributed by atoms with Gasteiger partial charge in [0.25, 0.3) is 0 Å². The highest BCUT2D eigenvalue weighted by Gasteiger charge is 2.31. The first-order valence-electron chi connectivity index (χ1n) is 6.93. The fourth-order valence-corrected chi connectivity index (χ4v) is 4.23. The second kappa shape index (κ2) is 6.57. The Kier molecular flexibility index (Phi) is 5.00. The van der Waals surface area contributed by atoms with Crippen molar-refractivity contribution in [2.24, 2.45) is 7.05 Å². The zero-order valence-electron chi connectivity index (χ0n) is 12.2. The number of hydrogen-bond donors (Lipinski definition) is 0. The van der Waals surface area contributed by atoms with Gasteiger partial charge in [0.05, 0.1) is 29.5 Å². The van der Waals surface area contributed by atoms with Crippen molar-refractivity contribution in [1.29, 1.82) is 0 Å². The molecule has 1 saturated heterocycles. The minimum absolute atomic E-state index is 0.206. The first-order chi connectivity index (χ1) is 9.95. The molecule has 8 heteroatoms. The molecule has 118 valence electrons. The molecular formula is C13H20N2O5S. The van der Waals surface area contributed by atoms with E-state index in [9.17, 15) is 13.2 Å². The highest BCUT2D eigenvalue weighted by molar-refractivity contribution is 7.91. The zero-order chi connectivity index (χ0) is 15.5. The number of aromatic nitrogens is 2. The van der Waals surface area contributed by atoms with Gasteiger partial charge in [0.2, 0.25) is 0 Å². The van der Waals surface area contributed by atoms with E-state index in [0.717, 1.165) is 0 Å². The summed E-state index contributed by atoms with van der Waals surface area (Å²) in [7, 11) is -1.73. The van der Waals surface area contributed by atoms with E-state index in [1.807, 2.05) is 0 Å². The predicted molar refractivity (Wildman–Crippen MR) is 75.6 cm³/mol. The van der Waals surface area contributed by atoms with E-state index < -0.39 is 21.1 Å². The molecule has 0 radical (unpaired) electrons.